The highest BCUT2D eigenvalue weighted by atomic mass is 16.6. The van der Waals surface area contributed by atoms with Gasteiger partial charge >= 0.3 is 0 Å². The predicted molar refractivity (Wildman–Crippen MR) is 77.6 cm³/mol. The SMILES string of the molecule is CN1C(=O)/C(=N/OCc2ccccc2)c2ccccc21. The quantitative estimate of drug-likeness (QED) is 0.801. The summed E-state index contributed by atoms with van der Waals surface area (Å²) in [6.45, 7) is 0.351. The van der Waals surface area contributed by atoms with Crippen LogP contribution in [0.3, 0.4) is 0 Å². The van der Waals surface area contributed by atoms with Crippen LogP contribution in [0.25, 0.3) is 0 Å². The van der Waals surface area contributed by atoms with Crippen molar-refractivity contribution in [3.63, 3.8) is 0 Å². The van der Waals surface area contributed by atoms with Crippen LogP contribution >= 0.6 is 0 Å². The molecule has 100 valence electrons. The van der Waals surface area contributed by atoms with Gasteiger partial charge in [0.15, 0.2) is 5.71 Å². The zero-order valence-electron chi connectivity index (χ0n) is 11.1. The van der Waals surface area contributed by atoms with Crippen LogP contribution in [0.15, 0.2) is 59.8 Å². The van der Waals surface area contributed by atoms with Gasteiger partial charge in [-0.1, -0.05) is 53.7 Å². The number of rotatable bonds is 3. The molecule has 4 nitrogen and oxygen atoms in total. The monoisotopic (exact) mass is 266 g/mol. The van der Waals surface area contributed by atoms with Crippen molar-refractivity contribution in [2.75, 3.05) is 11.9 Å². The number of amides is 1. The maximum Gasteiger partial charge on any atom is 0.280 e. The Kier molecular flexibility index (Phi) is 3.21. The van der Waals surface area contributed by atoms with E-state index < -0.39 is 0 Å². The number of hydrogen-bond donors (Lipinski definition) is 0. The van der Waals surface area contributed by atoms with Crippen LogP contribution in [-0.4, -0.2) is 18.7 Å². The second kappa shape index (κ2) is 5.17. The van der Waals surface area contributed by atoms with Gasteiger partial charge in [0.2, 0.25) is 0 Å². The largest absolute Gasteiger partial charge is 0.390 e. The highest BCUT2D eigenvalue weighted by Crippen LogP contribution is 2.27. The lowest BCUT2D eigenvalue weighted by atomic mass is 10.1. The van der Waals surface area contributed by atoms with Gasteiger partial charge in [0.25, 0.3) is 5.91 Å². The first-order valence-electron chi connectivity index (χ1n) is 6.38. The molecule has 1 aliphatic rings. The summed E-state index contributed by atoms with van der Waals surface area (Å²) in [5, 5.41) is 4.02. The molecular weight excluding hydrogens is 252 g/mol. The highest BCUT2D eigenvalue weighted by Gasteiger charge is 2.31. The van der Waals surface area contributed by atoms with E-state index in [-0.39, 0.29) is 5.91 Å². The molecule has 0 N–H and O–H groups in total. The van der Waals surface area contributed by atoms with Crippen LogP contribution in [-0.2, 0) is 16.2 Å². The Morgan fingerprint density at radius 1 is 1.05 bits per heavy atom. The Morgan fingerprint density at radius 2 is 1.75 bits per heavy atom. The van der Waals surface area contributed by atoms with Crippen LogP contribution in [0, 0.1) is 0 Å². The summed E-state index contributed by atoms with van der Waals surface area (Å²) in [5.41, 5.74) is 3.05. The van der Waals surface area contributed by atoms with Crippen molar-refractivity contribution in [3.8, 4) is 0 Å². The summed E-state index contributed by atoms with van der Waals surface area (Å²) in [6, 6.07) is 17.3. The molecule has 0 saturated heterocycles. The predicted octanol–water partition coefficient (Wildman–Crippen LogP) is 2.58. The summed E-state index contributed by atoms with van der Waals surface area (Å²) in [5.74, 6) is -0.140. The third-order valence-electron chi connectivity index (χ3n) is 3.26. The summed E-state index contributed by atoms with van der Waals surface area (Å²) >= 11 is 0. The first-order valence-corrected chi connectivity index (χ1v) is 6.38. The Morgan fingerprint density at radius 3 is 2.55 bits per heavy atom. The Bertz CT molecular complexity index is 665. The molecule has 2 aromatic rings. The van der Waals surface area contributed by atoms with Gasteiger partial charge in [0.05, 0.1) is 5.69 Å². The van der Waals surface area contributed by atoms with Crippen molar-refractivity contribution >= 4 is 17.3 Å². The normalized spacial score (nSPS) is 15.6. The lowest BCUT2D eigenvalue weighted by molar-refractivity contribution is -0.112. The van der Waals surface area contributed by atoms with Gasteiger partial charge in [-0.15, -0.1) is 0 Å². The first-order chi connectivity index (χ1) is 9.77. The molecule has 4 heteroatoms. The van der Waals surface area contributed by atoms with Crippen molar-refractivity contribution in [2.45, 2.75) is 6.61 Å². The Hall–Kier alpha value is -2.62. The van der Waals surface area contributed by atoms with E-state index in [1.807, 2.05) is 54.6 Å². The number of fused-ring (bicyclic) bond motifs is 1. The van der Waals surface area contributed by atoms with Gasteiger partial charge in [-0.3, -0.25) is 4.79 Å². The topological polar surface area (TPSA) is 41.9 Å². The molecule has 1 aliphatic heterocycles. The van der Waals surface area contributed by atoms with E-state index >= 15 is 0 Å². The van der Waals surface area contributed by atoms with Gasteiger partial charge < -0.3 is 9.74 Å². The molecule has 0 radical (unpaired) electrons. The molecule has 20 heavy (non-hydrogen) atoms. The summed E-state index contributed by atoms with van der Waals surface area (Å²) < 4.78 is 0. The van der Waals surface area contributed by atoms with E-state index in [4.69, 9.17) is 4.84 Å². The first kappa shape index (κ1) is 12.4. The third-order valence-corrected chi connectivity index (χ3v) is 3.26. The van der Waals surface area contributed by atoms with E-state index in [0.717, 1.165) is 16.8 Å². The molecule has 1 heterocycles. The van der Waals surface area contributed by atoms with Crippen LogP contribution in [0.1, 0.15) is 11.1 Å². The molecule has 0 atom stereocenters. The number of likely N-dealkylation sites (N-methyl/N-ethyl adjacent to an activating group) is 1. The zero-order valence-corrected chi connectivity index (χ0v) is 11.1. The lowest BCUT2D eigenvalue weighted by Gasteiger charge is -2.07. The molecular formula is C16H14N2O2. The number of carbonyl (C=O) groups is 1. The highest BCUT2D eigenvalue weighted by molar-refractivity contribution is 6.54. The molecule has 3 rings (SSSR count). The second-order valence-electron chi connectivity index (χ2n) is 4.58. The van der Waals surface area contributed by atoms with Crippen LogP contribution in [0.5, 0.6) is 0 Å². The number of oxime groups is 1. The molecule has 0 aliphatic carbocycles. The van der Waals surface area contributed by atoms with E-state index in [2.05, 4.69) is 5.16 Å². The number of nitrogens with zero attached hydrogens (tertiary/aromatic N) is 2. The van der Waals surface area contributed by atoms with Gasteiger partial charge in [-0.2, -0.15) is 0 Å². The van der Waals surface area contributed by atoms with Crippen molar-refractivity contribution < 1.29 is 9.63 Å². The smallest absolute Gasteiger partial charge is 0.280 e. The fraction of sp³-hybridized carbons (Fsp3) is 0.125. The molecule has 1 amide bonds. The van der Waals surface area contributed by atoms with Crippen LogP contribution < -0.4 is 4.90 Å². The van der Waals surface area contributed by atoms with E-state index in [1.54, 1.807) is 11.9 Å². The van der Waals surface area contributed by atoms with Crippen molar-refractivity contribution in [3.05, 3.63) is 65.7 Å². The summed E-state index contributed by atoms with van der Waals surface area (Å²) in [7, 11) is 1.74. The third kappa shape index (κ3) is 2.16. The average molecular weight is 266 g/mol. The molecule has 0 bridgehead atoms. The van der Waals surface area contributed by atoms with Gasteiger partial charge in [-0.25, -0.2) is 0 Å². The van der Waals surface area contributed by atoms with E-state index in [0.29, 0.717) is 12.3 Å². The number of anilines is 1. The molecule has 0 unspecified atom stereocenters. The average Bonchev–Trinajstić information content (AvgIpc) is 2.74. The lowest BCUT2D eigenvalue weighted by Crippen LogP contribution is -2.25. The summed E-state index contributed by atoms with van der Waals surface area (Å²) in [4.78, 5) is 19.0. The number of para-hydroxylation sites is 1. The van der Waals surface area contributed by atoms with Crippen LogP contribution in [0.2, 0.25) is 0 Å². The Labute approximate surface area is 117 Å². The Balaban J connectivity index is 1.80. The maximum absolute atomic E-state index is 12.1. The van der Waals surface area contributed by atoms with Gasteiger partial charge in [0, 0.05) is 12.6 Å². The van der Waals surface area contributed by atoms with Gasteiger partial charge in [0.1, 0.15) is 6.61 Å². The van der Waals surface area contributed by atoms with E-state index in [1.165, 1.54) is 0 Å². The molecule has 0 spiro atoms. The molecule has 0 saturated carbocycles. The van der Waals surface area contributed by atoms with Crippen molar-refractivity contribution in [1.29, 1.82) is 0 Å². The minimum Gasteiger partial charge on any atom is -0.390 e. The number of hydrogen-bond acceptors (Lipinski definition) is 3. The van der Waals surface area contributed by atoms with Gasteiger partial charge in [-0.05, 0) is 11.6 Å². The molecule has 0 aromatic heterocycles. The zero-order chi connectivity index (χ0) is 13.9. The minimum atomic E-state index is -0.140. The van der Waals surface area contributed by atoms with Crippen molar-refractivity contribution in [2.24, 2.45) is 5.16 Å². The fourth-order valence-electron chi connectivity index (χ4n) is 2.18. The molecule has 2 aromatic carbocycles. The standard InChI is InChI=1S/C16H14N2O2/c1-18-14-10-6-5-9-13(14)15(16(18)19)17-20-11-12-7-3-2-4-8-12/h2-10H,11H2,1H3/b17-15+. The number of carbonyl (C=O) groups excluding carboxylic acids is 1. The molecule has 0 fully saturated rings. The van der Waals surface area contributed by atoms with E-state index in [9.17, 15) is 4.79 Å². The maximum atomic E-state index is 12.1. The summed E-state index contributed by atoms with van der Waals surface area (Å²) in [6.07, 6.45) is 0. The number of benzene rings is 2. The minimum absolute atomic E-state index is 0.140. The van der Waals surface area contributed by atoms with Crippen molar-refractivity contribution in [1.82, 2.24) is 0 Å². The fourth-order valence-corrected chi connectivity index (χ4v) is 2.18. The second-order valence-corrected chi connectivity index (χ2v) is 4.58. The van der Waals surface area contributed by atoms with Crippen LogP contribution in [0.4, 0.5) is 5.69 Å².